The topological polar surface area (TPSA) is 127 Å². The van der Waals surface area contributed by atoms with Crippen LogP contribution in [0.1, 0.15) is 20.7 Å². The number of non-ortho nitro benzene ring substituents is 2. The highest BCUT2D eigenvalue weighted by molar-refractivity contribution is 8.93. The third-order valence-corrected chi connectivity index (χ3v) is 4.35. The first kappa shape index (κ1) is 22.7. The molecule has 0 aliphatic carbocycles. The van der Waals surface area contributed by atoms with Crippen molar-refractivity contribution in [3.63, 3.8) is 0 Å². The first-order chi connectivity index (χ1) is 13.8. The molecule has 0 fully saturated rings. The minimum Gasteiger partial charge on any atom is -0.351 e. The molecule has 3 rings (SSSR count). The normalized spacial score (nSPS) is 12.4. The number of Topliss-reactive ketones (excluding diaryl/α,β-unsaturated/α-hetero) is 2. The molecule has 11 heteroatoms. The molecule has 0 spiro atoms. The molecule has 0 radical (unpaired) electrons. The molecule has 0 atom stereocenters. The van der Waals surface area contributed by atoms with E-state index in [1.165, 1.54) is 48.5 Å². The zero-order valence-corrected chi connectivity index (χ0v) is 17.3. The molecule has 0 bridgehead atoms. The summed E-state index contributed by atoms with van der Waals surface area (Å²) in [5.41, 5.74) is 0.561. The Kier molecular flexibility index (Phi) is 7.37. The van der Waals surface area contributed by atoms with Gasteiger partial charge in [0.2, 0.25) is 0 Å². The Morgan fingerprint density at radius 3 is 1.37 bits per heavy atom. The quantitative estimate of drug-likeness (QED) is 0.322. The smallest absolute Gasteiger partial charge is 0.269 e. The van der Waals surface area contributed by atoms with Gasteiger partial charge in [0, 0.05) is 47.8 Å². The number of rotatable bonds is 8. The number of nitro groups is 2. The van der Waals surface area contributed by atoms with Gasteiger partial charge in [0.1, 0.15) is 0 Å². The molecule has 0 unspecified atom stereocenters. The average molecular weight is 477 g/mol. The first-order valence-electron chi connectivity index (χ1n) is 8.55. The fourth-order valence-electron chi connectivity index (χ4n) is 2.81. The van der Waals surface area contributed by atoms with Crippen LogP contribution in [0.25, 0.3) is 0 Å². The summed E-state index contributed by atoms with van der Waals surface area (Å²) >= 11 is 0. The van der Waals surface area contributed by atoms with E-state index >= 15 is 0 Å². The Morgan fingerprint density at radius 2 is 1.07 bits per heavy atom. The number of carbonyl (C=O) groups is 2. The van der Waals surface area contributed by atoms with Crippen molar-refractivity contribution in [1.29, 1.82) is 0 Å². The number of benzene rings is 2. The summed E-state index contributed by atoms with van der Waals surface area (Å²) in [6.07, 6.45) is 3.37. The van der Waals surface area contributed by atoms with Crippen molar-refractivity contribution in [3.8, 4) is 0 Å². The Bertz CT molecular complexity index is 912. The lowest BCUT2D eigenvalue weighted by molar-refractivity contribution is -0.385. The molecule has 1 heterocycles. The van der Waals surface area contributed by atoms with E-state index in [9.17, 15) is 29.8 Å². The van der Waals surface area contributed by atoms with E-state index in [2.05, 4.69) is 0 Å². The molecule has 1 aliphatic heterocycles. The van der Waals surface area contributed by atoms with E-state index in [1.807, 2.05) is 0 Å². The fourth-order valence-corrected chi connectivity index (χ4v) is 2.81. The van der Waals surface area contributed by atoms with Gasteiger partial charge in [-0.25, -0.2) is 0 Å². The zero-order valence-electron chi connectivity index (χ0n) is 15.5. The van der Waals surface area contributed by atoms with E-state index in [1.54, 1.807) is 22.2 Å². The zero-order chi connectivity index (χ0) is 21.0. The largest absolute Gasteiger partial charge is 0.351 e. The summed E-state index contributed by atoms with van der Waals surface area (Å²) in [6.45, 7) is 0.463. The van der Waals surface area contributed by atoms with Gasteiger partial charge in [0.15, 0.2) is 11.6 Å². The maximum absolute atomic E-state index is 12.3. The van der Waals surface area contributed by atoms with Crippen LogP contribution in [-0.4, -0.2) is 51.0 Å². The molecule has 30 heavy (non-hydrogen) atoms. The molecule has 0 saturated carbocycles. The van der Waals surface area contributed by atoms with E-state index in [-0.39, 0.29) is 53.0 Å². The molecule has 1 aliphatic rings. The summed E-state index contributed by atoms with van der Waals surface area (Å²) in [5.74, 6) is -0.402. The van der Waals surface area contributed by atoms with E-state index in [0.717, 1.165) is 0 Å². The lowest BCUT2D eigenvalue weighted by Crippen LogP contribution is -2.32. The summed E-state index contributed by atoms with van der Waals surface area (Å²) in [7, 11) is 0. The van der Waals surface area contributed by atoms with Crippen LogP contribution in [0.4, 0.5) is 11.4 Å². The number of nitrogens with zero attached hydrogens (tertiary/aromatic N) is 4. The number of hydrogen-bond donors (Lipinski definition) is 0. The maximum Gasteiger partial charge on any atom is 0.269 e. The van der Waals surface area contributed by atoms with Gasteiger partial charge in [0.25, 0.3) is 11.4 Å². The molecule has 10 nitrogen and oxygen atoms in total. The van der Waals surface area contributed by atoms with Crippen LogP contribution >= 0.6 is 17.0 Å². The van der Waals surface area contributed by atoms with Gasteiger partial charge >= 0.3 is 0 Å². The third kappa shape index (κ3) is 5.47. The van der Waals surface area contributed by atoms with Crippen molar-refractivity contribution < 1.29 is 19.4 Å². The molecular weight excluding hydrogens is 460 g/mol. The Morgan fingerprint density at radius 1 is 0.733 bits per heavy atom. The van der Waals surface area contributed by atoms with Crippen LogP contribution in [0.3, 0.4) is 0 Å². The van der Waals surface area contributed by atoms with E-state index in [4.69, 9.17) is 0 Å². The van der Waals surface area contributed by atoms with Crippen molar-refractivity contribution in [1.82, 2.24) is 9.80 Å². The van der Waals surface area contributed by atoms with Crippen molar-refractivity contribution in [2.24, 2.45) is 0 Å². The predicted molar refractivity (Wildman–Crippen MR) is 113 cm³/mol. The van der Waals surface area contributed by atoms with Gasteiger partial charge in [-0.3, -0.25) is 29.8 Å². The summed E-state index contributed by atoms with van der Waals surface area (Å²) in [6, 6.07) is 10.8. The molecule has 156 valence electrons. The number of ketones is 2. The highest BCUT2D eigenvalue weighted by Crippen LogP contribution is 2.16. The lowest BCUT2D eigenvalue weighted by atomic mass is 10.1. The van der Waals surface area contributed by atoms with Gasteiger partial charge in [-0.15, -0.1) is 17.0 Å². The number of halogens is 1. The van der Waals surface area contributed by atoms with Gasteiger partial charge < -0.3 is 9.80 Å². The number of nitro benzene ring substituents is 2. The SMILES string of the molecule is Br.O=C(CN1C=CN(CC(=O)c2ccc([N+](=O)[O-])cc2)C1)c1ccc([N+](=O)[O-])cc1. The minimum absolute atomic E-state index is 0. The second-order valence-electron chi connectivity index (χ2n) is 6.39. The minimum atomic E-state index is -0.530. The molecule has 0 saturated heterocycles. The average Bonchev–Trinajstić information content (AvgIpc) is 3.14. The van der Waals surface area contributed by atoms with Gasteiger partial charge in [-0.05, 0) is 24.3 Å². The van der Waals surface area contributed by atoms with Gasteiger partial charge in [-0.2, -0.15) is 0 Å². The lowest BCUT2D eigenvalue weighted by Gasteiger charge is -2.20. The highest BCUT2D eigenvalue weighted by Gasteiger charge is 2.19. The van der Waals surface area contributed by atoms with Crippen LogP contribution in [-0.2, 0) is 0 Å². The first-order valence-corrected chi connectivity index (χ1v) is 8.55. The number of carbonyl (C=O) groups excluding carboxylic acids is 2. The van der Waals surface area contributed by atoms with E-state index in [0.29, 0.717) is 17.8 Å². The van der Waals surface area contributed by atoms with E-state index < -0.39 is 9.85 Å². The molecule has 2 aromatic rings. The third-order valence-electron chi connectivity index (χ3n) is 4.35. The van der Waals surface area contributed by atoms with Crippen molar-refractivity contribution >= 4 is 39.9 Å². The highest BCUT2D eigenvalue weighted by atomic mass is 79.9. The van der Waals surface area contributed by atoms with Gasteiger partial charge in [-0.1, -0.05) is 0 Å². The van der Waals surface area contributed by atoms with Crippen LogP contribution in [0.15, 0.2) is 60.9 Å². The second-order valence-corrected chi connectivity index (χ2v) is 6.39. The Labute approximate surface area is 181 Å². The molecule has 0 N–H and O–H groups in total. The summed E-state index contributed by atoms with van der Waals surface area (Å²) in [5, 5.41) is 21.3. The van der Waals surface area contributed by atoms with Crippen LogP contribution in [0.2, 0.25) is 0 Å². The molecule has 0 aromatic heterocycles. The van der Waals surface area contributed by atoms with Crippen molar-refractivity contribution in [2.75, 3.05) is 19.8 Å². The fraction of sp³-hybridized carbons (Fsp3) is 0.158. The van der Waals surface area contributed by atoms with Crippen LogP contribution < -0.4 is 0 Å². The monoisotopic (exact) mass is 476 g/mol. The summed E-state index contributed by atoms with van der Waals surface area (Å²) < 4.78 is 0. The molecule has 2 aromatic carbocycles. The van der Waals surface area contributed by atoms with Crippen LogP contribution in [0.5, 0.6) is 0 Å². The van der Waals surface area contributed by atoms with Crippen molar-refractivity contribution in [3.05, 3.63) is 92.3 Å². The number of hydrogen-bond acceptors (Lipinski definition) is 8. The molecular formula is C19H17BrN4O6. The second kappa shape index (κ2) is 9.74. The van der Waals surface area contributed by atoms with Crippen molar-refractivity contribution in [2.45, 2.75) is 0 Å². The maximum atomic E-state index is 12.3. The predicted octanol–water partition coefficient (Wildman–Crippen LogP) is 3.19. The Hall–Kier alpha value is -3.60. The van der Waals surface area contributed by atoms with Gasteiger partial charge in [0.05, 0.1) is 29.6 Å². The summed E-state index contributed by atoms with van der Waals surface area (Å²) in [4.78, 5) is 48.4. The Balaban J connectivity index is 0.00000320. The van der Waals surface area contributed by atoms with Crippen LogP contribution in [0, 0.1) is 20.2 Å². The standard InChI is InChI=1S/C19H16N4O6.BrH/c24-18(14-1-5-16(6-2-14)22(26)27)11-20-9-10-21(13-20)12-19(25)15-3-7-17(8-4-15)23(28)29;/h1-10H,11-13H2;1H. The molecule has 0 amide bonds.